The Morgan fingerprint density at radius 1 is 1.19 bits per heavy atom. The van der Waals surface area contributed by atoms with Crippen LogP contribution in [0.4, 0.5) is 0 Å². The molecule has 1 N–H and O–H groups in total. The third-order valence-electron chi connectivity index (χ3n) is 5.75. The fourth-order valence-electron chi connectivity index (χ4n) is 4.07. The summed E-state index contributed by atoms with van der Waals surface area (Å²) in [5.41, 5.74) is 6.30. The molecule has 2 aromatic heterocycles. The number of hydrogen-bond donors (Lipinski definition) is 1. The van der Waals surface area contributed by atoms with E-state index in [0.717, 1.165) is 22.4 Å². The van der Waals surface area contributed by atoms with E-state index in [-0.39, 0.29) is 11.8 Å². The van der Waals surface area contributed by atoms with Crippen LogP contribution >= 0.6 is 11.3 Å². The number of carbonyl (C=O) groups excluding carboxylic acids is 2. The highest BCUT2D eigenvalue weighted by molar-refractivity contribution is 7.11. The largest absolute Gasteiger partial charge is 0.486 e. The Bertz CT molecular complexity index is 1180. The quantitative estimate of drug-likeness (QED) is 0.657. The van der Waals surface area contributed by atoms with Gasteiger partial charge in [0.15, 0.2) is 11.5 Å². The van der Waals surface area contributed by atoms with E-state index < -0.39 is 0 Å². The third-order valence-corrected chi connectivity index (χ3v) is 6.53. The summed E-state index contributed by atoms with van der Waals surface area (Å²) in [7, 11) is 0. The maximum absolute atomic E-state index is 13.1. The molecule has 0 radical (unpaired) electrons. The minimum atomic E-state index is -0.143. The van der Waals surface area contributed by atoms with Crippen LogP contribution < -0.4 is 14.8 Å². The van der Waals surface area contributed by atoms with Crippen molar-refractivity contribution in [3.05, 3.63) is 68.9 Å². The molecule has 32 heavy (non-hydrogen) atoms. The van der Waals surface area contributed by atoms with Gasteiger partial charge in [-0.05, 0) is 48.2 Å². The van der Waals surface area contributed by atoms with Crippen molar-refractivity contribution in [2.45, 2.75) is 26.4 Å². The molecule has 9 heteroatoms. The van der Waals surface area contributed by atoms with Crippen LogP contribution in [0.1, 0.15) is 42.4 Å². The fourth-order valence-corrected chi connectivity index (χ4v) is 4.61. The Balaban J connectivity index is 1.32. The van der Waals surface area contributed by atoms with Gasteiger partial charge in [-0.1, -0.05) is 0 Å². The molecule has 2 amide bonds. The van der Waals surface area contributed by atoms with Crippen molar-refractivity contribution >= 4 is 23.2 Å². The van der Waals surface area contributed by atoms with Crippen molar-refractivity contribution in [1.29, 1.82) is 0 Å². The average molecular weight is 451 g/mol. The summed E-state index contributed by atoms with van der Waals surface area (Å²) < 4.78 is 11.2. The minimum absolute atomic E-state index is 0.0479. The second kappa shape index (κ2) is 8.58. The Hall–Kier alpha value is -3.46. The van der Waals surface area contributed by atoms with Gasteiger partial charge in [0.05, 0.1) is 11.7 Å². The molecule has 0 atom stereocenters. The smallest absolute Gasteiger partial charge is 0.263 e. The van der Waals surface area contributed by atoms with Crippen LogP contribution in [0.2, 0.25) is 0 Å². The molecule has 0 bridgehead atoms. The van der Waals surface area contributed by atoms with Gasteiger partial charge in [-0.3, -0.25) is 19.6 Å². The number of benzene rings is 1. The number of amides is 2. The van der Waals surface area contributed by atoms with Gasteiger partial charge in [0.25, 0.3) is 11.8 Å². The van der Waals surface area contributed by atoms with E-state index in [1.807, 2.05) is 18.0 Å². The zero-order valence-corrected chi connectivity index (χ0v) is 18.4. The van der Waals surface area contributed by atoms with Crippen LogP contribution in [-0.2, 0) is 19.5 Å². The molecular weight excluding hydrogens is 428 g/mol. The number of thiazole rings is 1. The summed E-state index contributed by atoms with van der Waals surface area (Å²) in [6.07, 6.45) is 4.11. The van der Waals surface area contributed by atoms with Crippen LogP contribution in [0.25, 0.3) is 0 Å². The number of carbonyl (C=O) groups is 2. The lowest BCUT2D eigenvalue weighted by Gasteiger charge is -2.31. The first-order chi connectivity index (χ1) is 15.6. The second-order valence-electron chi connectivity index (χ2n) is 7.71. The number of pyridine rings is 1. The number of hydrogen-bond acceptors (Lipinski definition) is 7. The van der Waals surface area contributed by atoms with Crippen LogP contribution in [0.3, 0.4) is 0 Å². The highest BCUT2D eigenvalue weighted by Gasteiger charge is 2.26. The zero-order chi connectivity index (χ0) is 22.1. The van der Waals surface area contributed by atoms with Gasteiger partial charge in [0.1, 0.15) is 18.1 Å². The fraction of sp³-hybridized carbons (Fsp3) is 0.304. The summed E-state index contributed by atoms with van der Waals surface area (Å²) in [6, 6.07) is 5.31. The van der Waals surface area contributed by atoms with Gasteiger partial charge < -0.3 is 19.7 Å². The zero-order valence-electron chi connectivity index (χ0n) is 17.6. The van der Waals surface area contributed by atoms with Crippen molar-refractivity contribution in [3.8, 4) is 11.5 Å². The summed E-state index contributed by atoms with van der Waals surface area (Å²) in [4.78, 5) is 36.3. The maximum atomic E-state index is 13.1. The lowest BCUT2D eigenvalue weighted by atomic mass is 9.94. The number of ether oxygens (including phenoxy) is 2. The molecule has 2 aliphatic heterocycles. The monoisotopic (exact) mass is 450 g/mol. The molecule has 0 fully saturated rings. The van der Waals surface area contributed by atoms with Crippen LogP contribution in [0, 0.1) is 6.92 Å². The van der Waals surface area contributed by atoms with E-state index in [9.17, 15) is 9.59 Å². The van der Waals surface area contributed by atoms with E-state index >= 15 is 0 Å². The van der Waals surface area contributed by atoms with E-state index in [2.05, 4.69) is 15.3 Å². The molecular formula is C23H22N4O4S. The molecule has 0 spiro atoms. The number of nitrogens with zero attached hydrogens (tertiary/aromatic N) is 3. The van der Waals surface area contributed by atoms with E-state index in [0.29, 0.717) is 61.2 Å². The van der Waals surface area contributed by atoms with Crippen molar-refractivity contribution in [2.75, 3.05) is 19.8 Å². The molecule has 0 saturated carbocycles. The number of aryl methyl sites for hydroxylation is 1. The topological polar surface area (TPSA) is 93.7 Å². The Morgan fingerprint density at radius 3 is 2.84 bits per heavy atom. The molecule has 5 rings (SSSR count). The Kier molecular flexibility index (Phi) is 5.48. The molecule has 164 valence electrons. The molecule has 1 aromatic carbocycles. The first kappa shape index (κ1) is 20.4. The highest BCUT2D eigenvalue weighted by atomic mass is 32.1. The predicted molar refractivity (Wildman–Crippen MR) is 118 cm³/mol. The van der Waals surface area contributed by atoms with Gasteiger partial charge in [0.2, 0.25) is 0 Å². The van der Waals surface area contributed by atoms with Crippen LogP contribution in [-0.4, -0.2) is 46.4 Å². The molecule has 4 heterocycles. The van der Waals surface area contributed by atoms with E-state index in [1.54, 1.807) is 29.9 Å². The van der Waals surface area contributed by atoms with Crippen molar-refractivity contribution in [1.82, 2.24) is 20.2 Å². The van der Waals surface area contributed by atoms with Gasteiger partial charge in [0, 0.05) is 37.1 Å². The predicted octanol–water partition coefficient (Wildman–Crippen LogP) is 2.75. The molecule has 0 unspecified atom stereocenters. The van der Waals surface area contributed by atoms with Crippen molar-refractivity contribution in [3.63, 3.8) is 0 Å². The van der Waals surface area contributed by atoms with Gasteiger partial charge in [-0.15, -0.1) is 11.3 Å². The average Bonchev–Trinajstić information content (AvgIpc) is 3.37. The molecule has 3 aromatic rings. The molecule has 2 aliphatic rings. The Morgan fingerprint density at radius 2 is 2.03 bits per heavy atom. The van der Waals surface area contributed by atoms with Gasteiger partial charge in [-0.2, -0.15) is 0 Å². The Labute approximate surface area is 189 Å². The number of nitrogens with one attached hydrogen (secondary N) is 1. The summed E-state index contributed by atoms with van der Waals surface area (Å²) in [6.45, 7) is 4.42. The van der Waals surface area contributed by atoms with E-state index in [1.165, 1.54) is 11.3 Å². The second-order valence-corrected chi connectivity index (χ2v) is 8.60. The van der Waals surface area contributed by atoms with Crippen molar-refractivity contribution < 1.29 is 19.1 Å². The summed E-state index contributed by atoms with van der Waals surface area (Å²) in [5.74, 6) is 1.08. The minimum Gasteiger partial charge on any atom is -0.486 e. The van der Waals surface area contributed by atoms with Gasteiger partial charge >= 0.3 is 0 Å². The summed E-state index contributed by atoms with van der Waals surface area (Å²) in [5, 5.41) is 2.97. The number of fused-ring (bicyclic) bond motifs is 2. The lowest BCUT2D eigenvalue weighted by molar-refractivity contribution is 0.0733. The maximum Gasteiger partial charge on any atom is 0.263 e. The van der Waals surface area contributed by atoms with E-state index in [4.69, 9.17) is 9.47 Å². The SMILES string of the molecule is Cc1ncc2c(c1CNC(=O)c1cncs1)CCN(C(=O)c1ccc3c(c1)OCCO3)C2. The highest BCUT2D eigenvalue weighted by Crippen LogP contribution is 2.32. The van der Waals surface area contributed by atoms with Gasteiger partial charge in [-0.25, -0.2) is 0 Å². The molecule has 0 aliphatic carbocycles. The van der Waals surface area contributed by atoms with Crippen molar-refractivity contribution in [2.24, 2.45) is 0 Å². The third kappa shape index (κ3) is 3.91. The summed E-state index contributed by atoms with van der Waals surface area (Å²) >= 11 is 1.31. The normalized spacial score (nSPS) is 14.6. The molecule has 0 saturated heterocycles. The first-order valence-electron chi connectivity index (χ1n) is 10.4. The van der Waals surface area contributed by atoms with Crippen LogP contribution in [0.5, 0.6) is 11.5 Å². The molecule has 8 nitrogen and oxygen atoms in total. The lowest BCUT2D eigenvalue weighted by Crippen LogP contribution is -2.37. The number of rotatable bonds is 4. The standard InChI is InChI=1S/C23H22N4O4S/c1-14-18(10-26-22(28)21-11-24-13-32-21)17-4-5-27(12-16(17)9-25-14)23(29)15-2-3-19-20(8-15)31-7-6-30-19/h2-3,8-9,11,13H,4-7,10,12H2,1H3,(H,26,28). The first-order valence-corrected chi connectivity index (χ1v) is 11.3. The number of aromatic nitrogens is 2. The van der Waals surface area contributed by atoms with Crippen LogP contribution in [0.15, 0.2) is 36.1 Å².